The van der Waals surface area contributed by atoms with Gasteiger partial charge in [0.15, 0.2) is 0 Å². The van der Waals surface area contributed by atoms with Gasteiger partial charge in [-0.3, -0.25) is 4.79 Å². The fourth-order valence-electron chi connectivity index (χ4n) is 2.54. The molecule has 2 amide bonds. The Bertz CT molecular complexity index is 358. The summed E-state index contributed by atoms with van der Waals surface area (Å²) in [5, 5.41) is 8.85. The van der Waals surface area contributed by atoms with E-state index in [0.29, 0.717) is 17.9 Å². The third-order valence-electron chi connectivity index (χ3n) is 3.32. The fourth-order valence-corrected chi connectivity index (χ4v) is 2.54. The second-order valence-electron chi connectivity index (χ2n) is 4.30. The zero-order valence-electron chi connectivity index (χ0n) is 8.78. The lowest BCUT2D eigenvalue weighted by molar-refractivity contribution is -0.184. The Morgan fingerprint density at radius 1 is 1.24 bits per heavy atom. The van der Waals surface area contributed by atoms with Crippen molar-refractivity contribution in [3.63, 3.8) is 0 Å². The summed E-state index contributed by atoms with van der Waals surface area (Å²) in [6.45, 7) is 0.167. The average Bonchev–Trinajstić information content (AvgIpc) is 2.71. The first kappa shape index (κ1) is 12.0. The number of amides is 2. The highest BCUT2D eigenvalue weighted by atomic mass is 19.4. The number of hydrogen-bond donors (Lipinski definition) is 1. The van der Waals surface area contributed by atoms with Gasteiger partial charge in [0.05, 0.1) is 6.04 Å². The van der Waals surface area contributed by atoms with Crippen LogP contribution in [-0.2, 0) is 4.79 Å². The minimum absolute atomic E-state index is 0.00715. The van der Waals surface area contributed by atoms with Crippen LogP contribution in [0.15, 0.2) is 0 Å². The van der Waals surface area contributed by atoms with Gasteiger partial charge in [0, 0.05) is 25.6 Å². The van der Waals surface area contributed by atoms with Crippen molar-refractivity contribution in [2.24, 2.45) is 5.92 Å². The van der Waals surface area contributed by atoms with Crippen LogP contribution in [0.25, 0.3) is 0 Å². The van der Waals surface area contributed by atoms with Crippen LogP contribution < -0.4 is 0 Å². The number of fused-ring (bicyclic) bond motifs is 1. The van der Waals surface area contributed by atoms with Gasteiger partial charge in [-0.1, -0.05) is 0 Å². The average molecular weight is 252 g/mol. The van der Waals surface area contributed by atoms with Crippen LogP contribution >= 0.6 is 0 Å². The molecule has 0 saturated carbocycles. The highest BCUT2D eigenvalue weighted by Crippen LogP contribution is 2.33. The maximum atomic E-state index is 12.2. The molecule has 2 heterocycles. The molecule has 96 valence electrons. The van der Waals surface area contributed by atoms with E-state index >= 15 is 0 Å². The monoisotopic (exact) mass is 252 g/mol. The largest absolute Gasteiger partial charge is 0.471 e. The van der Waals surface area contributed by atoms with E-state index in [1.807, 2.05) is 0 Å². The molecule has 2 aliphatic heterocycles. The topological polar surface area (TPSA) is 60.9 Å². The zero-order valence-corrected chi connectivity index (χ0v) is 8.78. The van der Waals surface area contributed by atoms with E-state index in [1.165, 1.54) is 0 Å². The molecule has 1 N–H and O–H groups in total. The Balaban J connectivity index is 2.06. The van der Waals surface area contributed by atoms with Gasteiger partial charge in [0.1, 0.15) is 0 Å². The van der Waals surface area contributed by atoms with Crippen molar-refractivity contribution in [2.45, 2.75) is 18.6 Å². The van der Waals surface area contributed by atoms with Gasteiger partial charge in [-0.05, 0) is 6.42 Å². The lowest BCUT2D eigenvalue weighted by Crippen LogP contribution is -2.43. The summed E-state index contributed by atoms with van der Waals surface area (Å²) < 4.78 is 36.6. The fraction of sp³-hybridized carbons (Fsp3) is 0.778. The minimum atomic E-state index is -4.88. The number of carbonyl (C=O) groups excluding carboxylic acids is 1. The summed E-state index contributed by atoms with van der Waals surface area (Å²) in [5.41, 5.74) is 0. The third kappa shape index (κ3) is 2.03. The molecule has 2 atom stereocenters. The van der Waals surface area contributed by atoms with Crippen LogP contribution in [0, 0.1) is 5.92 Å². The van der Waals surface area contributed by atoms with Crippen LogP contribution in [0.3, 0.4) is 0 Å². The van der Waals surface area contributed by atoms with Gasteiger partial charge in [0.25, 0.3) is 0 Å². The van der Waals surface area contributed by atoms with Gasteiger partial charge in [-0.25, -0.2) is 4.79 Å². The number of likely N-dealkylation sites (tertiary alicyclic amines) is 2. The van der Waals surface area contributed by atoms with Crippen LogP contribution in [-0.4, -0.2) is 58.8 Å². The second-order valence-corrected chi connectivity index (χ2v) is 4.30. The first-order valence-electron chi connectivity index (χ1n) is 5.16. The molecule has 8 heteroatoms. The van der Waals surface area contributed by atoms with Crippen LogP contribution in [0.4, 0.5) is 18.0 Å². The zero-order chi connectivity index (χ0) is 12.8. The summed E-state index contributed by atoms with van der Waals surface area (Å²) in [6.07, 6.45) is -5.51. The van der Waals surface area contributed by atoms with E-state index < -0.39 is 24.2 Å². The van der Waals surface area contributed by atoms with Gasteiger partial charge in [-0.15, -0.1) is 0 Å². The number of hydrogen-bond acceptors (Lipinski definition) is 2. The van der Waals surface area contributed by atoms with Gasteiger partial charge >= 0.3 is 18.2 Å². The van der Waals surface area contributed by atoms with Crippen molar-refractivity contribution < 1.29 is 27.9 Å². The van der Waals surface area contributed by atoms with E-state index in [1.54, 1.807) is 0 Å². The predicted octanol–water partition coefficient (Wildman–Crippen LogP) is 0.759. The van der Waals surface area contributed by atoms with Gasteiger partial charge in [0.2, 0.25) is 0 Å². The third-order valence-corrected chi connectivity index (χ3v) is 3.32. The molecule has 2 fully saturated rings. The number of nitrogens with zero attached hydrogens (tertiary/aromatic N) is 2. The molecule has 0 aromatic heterocycles. The summed E-state index contributed by atoms with van der Waals surface area (Å²) in [6, 6.07) is -0.487. The molecule has 0 spiro atoms. The van der Waals surface area contributed by atoms with E-state index in [9.17, 15) is 22.8 Å². The van der Waals surface area contributed by atoms with Crippen molar-refractivity contribution in [1.82, 2.24) is 9.80 Å². The molecular formula is C9H11F3N2O3. The molecule has 0 radical (unpaired) electrons. The standard InChI is InChI=1S/C9H11F3N2O3/c10-9(11,12)7(15)13-3-5-1-2-14(8(16)17)6(5)4-13/h5-6H,1-4H2,(H,16,17)/t5-,6+/m0/s1. The van der Waals surface area contributed by atoms with Crippen molar-refractivity contribution >= 4 is 12.0 Å². The Hall–Kier alpha value is -1.47. The summed E-state index contributed by atoms with van der Waals surface area (Å²) in [7, 11) is 0. The quantitative estimate of drug-likeness (QED) is 0.692. The van der Waals surface area contributed by atoms with Gasteiger partial charge in [-0.2, -0.15) is 13.2 Å². The number of carboxylic acid groups (broad SMARTS) is 1. The van der Waals surface area contributed by atoms with E-state index in [4.69, 9.17) is 5.11 Å². The Labute approximate surface area is 94.8 Å². The van der Waals surface area contributed by atoms with Crippen molar-refractivity contribution in [3.05, 3.63) is 0 Å². The normalized spacial score (nSPS) is 28.4. The first-order valence-corrected chi connectivity index (χ1v) is 5.16. The van der Waals surface area contributed by atoms with Crippen molar-refractivity contribution in [1.29, 1.82) is 0 Å². The summed E-state index contributed by atoms with van der Waals surface area (Å²) >= 11 is 0. The molecule has 17 heavy (non-hydrogen) atoms. The Morgan fingerprint density at radius 2 is 1.88 bits per heavy atom. The number of halogens is 3. The molecule has 0 bridgehead atoms. The van der Waals surface area contributed by atoms with E-state index in [0.717, 1.165) is 4.90 Å². The smallest absolute Gasteiger partial charge is 0.465 e. The summed E-state index contributed by atoms with van der Waals surface area (Å²) in [4.78, 5) is 23.6. The Morgan fingerprint density at radius 3 is 2.41 bits per heavy atom. The number of alkyl halides is 3. The number of rotatable bonds is 0. The molecule has 2 saturated heterocycles. The van der Waals surface area contributed by atoms with Crippen LogP contribution in [0.5, 0.6) is 0 Å². The summed E-state index contributed by atoms with van der Waals surface area (Å²) in [5.74, 6) is -2.05. The number of carbonyl (C=O) groups is 2. The van der Waals surface area contributed by atoms with Crippen molar-refractivity contribution in [3.8, 4) is 0 Å². The highest BCUT2D eigenvalue weighted by molar-refractivity contribution is 5.82. The first-order chi connectivity index (χ1) is 7.80. The van der Waals surface area contributed by atoms with Gasteiger partial charge < -0.3 is 14.9 Å². The van der Waals surface area contributed by atoms with E-state index in [2.05, 4.69) is 0 Å². The molecule has 0 aromatic rings. The minimum Gasteiger partial charge on any atom is -0.465 e. The highest BCUT2D eigenvalue weighted by Gasteiger charge is 2.50. The maximum Gasteiger partial charge on any atom is 0.471 e. The van der Waals surface area contributed by atoms with E-state index in [-0.39, 0.29) is 19.0 Å². The molecule has 0 aliphatic carbocycles. The molecule has 5 nitrogen and oxygen atoms in total. The maximum absolute atomic E-state index is 12.2. The van der Waals surface area contributed by atoms with Crippen molar-refractivity contribution in [2.75, 3.05) is 19.6 Å². The predicted molar refractivity (Wildman–Crippen MR) is 49.3 cm³/mol. The van der Waals surface area contributed by atoms with Crippen LogP contribution in [0.2, 0.25) is 0 Å². The second kappa shape index (κ2) is 3.78. The molecular weight excluding hydrogens is 241 g/mol. The SMILES string of the molecule is O=C(O)N1CC[C@H]2CN(C(=O)C(F)(F)F)C[C@H]21. The molecule has 0 unspecified atom stereocenters. The Kier molecular flexibility index (Phi) is 2.67. The molecule has 2 rings (SSSR count). The molecule has 0 aromatic carbocycles. The lowest BCUT2D eigenvalue weighted by Gasteiger charge is -2.22. The molecule has 2 aliphatic rings. The van der Waals surface area contributed by atoms with Crippen LogP contribution in [0.1, 0.15) is 6.42 Å². The lowest BCUT2D eigenvalue weighted by atomic mass is 10.1.